The molecule has 0 saturated carbocycles. The van der Waals surface area contributed by atoms with Crippen molar-refractivity contribution in [2.75, 3.05) is 44.7 Å². The van der Waals surface area contributed by atoms with Crippen molar-refractivity contribution in [3.63, 3.8) is 0 Å². The van der Waals surface area contributed by atoms with E-state index in [9.17, 15) is 0 Å². The van der Waals surface area contributed by atoms with E-state index in [0.29, 0.717) is 0 Å². The number of fused-ring (bicyclic) bond motifs is 1. The smallest absolute Gasteiger partial charge is 0.414 e. The predicted molar refractivity (Wildman–Crippen MR) is 139 cm³/mol. The third kappa shape index (κ3) is 9.23. The number of ether oxygens (including phenoxy) is 1. The molecule has 0 spiro atoms. The molecule has 0 radical (unpaired) electrons. The number of aliphatic carboxylic acids is 4. The molecule has 0 bridgehead atoms. The van der Waals surface area contributed by atoms with Crippen LogP contribution < -0.4 is 5.32 Å². The van der Waals surface area contributed by atoms with Crippen LogP contribution in [0.3, 0.4) is 0 Å². The van der Waals surface area contributed by atoms with Gasteiger partial charge in [-0.3, -0.25) is 4.90 Å². The van der Waals surface area contributed by atoms with Gasteiger partial charge in [0.25, 0.3) is 0 Å². The number of halogens is 1. The van der Waals surface area contributed by atoms with Crippen molar-refractivity contribution in [1.82, 2.24) is 14.9 Å². The highest BCUT2D eigenvalue weighted by atomic mass is 35.5. The number of carbonyl (C=O) groups is 4. The molecule has 4 rings (SSSR count). The summed E-state index contributed by atoms with van der Waals surface area (Å²) in [4.78, 5) is 50.1. The average Bonchev–Trinajstić information content (AvgIpc) is 3.22. The van der Waals surface area contributed by atoms with Gasteiger partial charge in [0.2, 0.25) is 0 Å². The fourth-order valence-electron chi connectivity index (χ4n) is 3.30. The van der Waals surface area contributed by atoms with Crippen molar-refractivity contribution in [3.05, 3.63) is 40.5 Å². The zero-order valence-corrected chi connectivity index (χ0v) is 21.7. The Labute approximate surface area is 225 Å². The van der Waals surface area contributed by atoms with Crippen LogP contribution in [0.2, 0.25) is 5.02 Å². The van der Waals surface area contributed by atoms with Crippen LogP contribution in [0, 0.1) is 6.92 Å². The summed E-state index contributed by atoms with van der Waals surface area (Å²) >= 11 is 7.76. The van der Waals surface area contributed by atoms with Gasteiger partial charge in [0.05, 0.1) is 18.6 Å². The molecule has 1 aliphatic rings. The number of thiophene rings is 1. The second kappa shape index (κ2) is 14.8. The molecular weight excluding hydrogens is 544 g/mol. The van der Waals surface area contributed by atoms with E-state index in [1.165, 1.54) is 10.4 Å². The Balaban J connectivity index is 0.000000355. The highest BCUT2D eigenvalue weighted by molar-refractivity contribution is 7.19. The third-order valence-electron chi connectivity index (χ3n) is 4.99. The van der Waals surface area contributed by atoms with E-state index < -0.39 is 23.9 Å². The summed E-state index contributed by atoms with van der Waals surface area (Å²) in [6.45, 7) is 7.59. The van der Waals surface area contributed by atoms with Crippen LogP contribution in [-0.4, -0.2) is 98.6 Å². The minimum Gasteiger partial charge on any atom is -0.473 e. The molecule has 3 heterocycles. The van der Waals surface area contributed by atoms with E-state index in [4.69, 9.17) is 55.9 Å². The predicted octanol–water partition coefficient (Wildman–Crippen LogP) is 2.38. The molecule has 2 aromatic heterocycles. The largest absolute Gasteiger partial charge is 0.473 e. The quantitative estimate of drug-likeness (QED) is 0.281. The maximum atomic E-state index is 9.10. The molecule has 0 unspecified atom stereocenters. The minimum atomic E-state index is -1.82. The molecule has 1 saturated heterocycles. The molecule has 15 heteroatoms. The fraction of sp³-hybridized carbons (Fsp3) is 0.304. The van der Waals surface area contributed by atoms with Crippen LogP contribution in [0.25, 0.3) is 21.3 Å². The van der Waals surface area contributed by atoms with Crippen molar-refractivity contribution in [2.24, 2.45) is 0 Å². The van der Waals surface area contributed by atoms with E-state index in [1.54, 1.807) is 17.7 Å². The van der Waals surface area contributed by atoms with Crippen LogP contribution in [-0.2, 0) is 23.9 Å². The van der Waals surface area contributed by atoms with Gasteiger partial charge in [-0.15, -0.1) is 11.3 Å². The normalized spacial score (nSPS) is 12.9. The van der Waals surface area contributed by atoms with Crippen molar-refractivity contribution in [3.8, 4) is 11.1 Å². The molecule has 3 aromatic rings. The van der Waals surface area contributed by atoms with Crippen LogP contribution in [0.1, 0.15) is 4.88 Å². The fourth-order valence-corrected chi connectivity index (χ4v) is 4.44. The van der Waals surface area contributed by atoms with Crippen molar-refractivity contribution in [2.45, 2.75) is 6.92 Å². The van der Waals surface area contributed by atoms with E-state index >= 15 is 0 Å². The summed E-state index contributed by atoms with van der Waals surface area (Å²) in [6.07, 6.45) is 1.64. The second-order valence-electron chi connectivity index (χ2n) is 7.54. The Bertz CT molecular complexity index is 1230. The molecule has 38 heavy (non-hydrogen) atoms. The monoisotopic (exact) mass is 568 g/mol. The molecule has 1 aromatic carbocycles. The van der Waals surface area contributed by atoms with Gasteiger partial charge in [0.15, 0.2) is 0 Å². The summed E-state index contributed by atoms with van der Waals surface area (Å²) < 4.78 is 5.41. The summed E-state index contributed by atoms with van der Waals surface area (Å²) in [6, 6.07) is 7.97. The van der Waals surface area contributed by atoms with Crippen LogP contribution in [0.5, 0.6) is 0 Å². The molecule has 0 atom stereocenters. The van der Waals surface area contributed by atoms with Gasteiger partial charge < -0.3 is 30.5 Å². The number of anilines is 1. The van der Waals surface area contributed by atoms with Gasteiger partial charge in [-0.25, -0.2) is 29.1 Å². The molecule has 1 fully saturated rings. The molecule has 0 aliphatic carbocycles. The third-order valence-corrected chi connectivity index (χ3v) is 6.25. The molecule has 1 aliphatic heterocycles. The molecule has 204 valence electrons. The Morgan fingerprint density at radius 1 is 0.974 bits per heavy atom. The number of benzene rings is 1. The maximum absolute atomic E-state index is 9.10. The van der Waals surface area contributed by atoms with Gasteiger partial charge in [-0.1, -0.05) is 23.7 Å². The zero-order valence-electron chi connectivity index (χ0n) is 20.1. The van der Waals surface area contributed by atoms with E-state index in [2.05, 4.69) is 39.2 Å². The molecule has 0 amide bonds. The van der Waals surface area contributed by atoms with Crippen LogP contribution in [0.4, 0.5) is 5.82 Å². The first-order valence-corrected chi connectivity index (χ1v) is 12.2. The Morgan fingerprint density at radius 2 is 1.53 bits per heavy atom. The van der Waals surface area contributed by atoms with E-state index in [0.717, 1.165) is 66.0 Å². The number of morpholine rings is 1. The number of nitrogens with zero attached hydrogens (tertiary/aromatic N) is 3. The van der Waals surface area contributed by atoms with Gasteiger partial charge in [-0.2, -0.15) is 0 Å². The Hall–Kier alpha value is -3.85. The van der Waals surface area contributed by atoms with E-state index in [-0.39, 0.29) is 0 Å². The zero-order chi connectivity index (χ0) is 28.2. The van der Waals surface area contributed by atoms with Gasteiger partial charge in [-0.05, 0) is 24.6 Å². The van der Waals surface area contributed by atoms with Crippen molar-refractivity contribution in [1.29, 1.82) is 0 Å². The molecular formula is C23H25ClN4O9S. The number of hydrogen-bond acceptors (Lipinski definition) is 10. The van der Waals surface area contributed by atoms with Gasteiger partial charge in [0.1, 0.15) is 17.0 Å². The van der Waals surface area contributed by atoms with Crippen LogP contribution in [0.15, 0.2) is 30.6 Å². The molecule has 13 nitrogen and oxygen atoms in total. The van der Waals surface area contributed by atoms with Crippen molar-refractivity contribution >= 4 is 62.8 Å². The first kappa shape index (κ1) is 30.4. The summed E-state index contributed by atoms with van der Waals surface area (Å²) in [5, 5.41) is 34.9. The Kier molecular flexibility index (Phi) is 11.8. The standard InChI is InChI=1S/C19H21ClN4OS.2C2H2O4/c1-13-16(14-2-4-15(20)5-3-14)17-18(22-12-23-19(17)26-13)21-6-7-24-8-10-25-11-9-24;2*3-1(4)2(5)6/h2-5,12H,6-11H2,1H3,(H,21,22,23);2*(H,3,4)(H,5,6). The SMILES string of the molecule is Cc1sc2ncnc(NCCN3CCOCC3)c2c1-c1ccc(Cl)cc1.O=C(O)C(=O)O.O=C(O)C(=O)O. The maximum Gasteiger partial charge on any atom is 0.414 e. The lowest BCUT2D eigenvalue weighted by Crippen LogP contribution is -2.39. The summed E-state index contributed by atoms with van der Waals surface area (Å²) in [5.74, 6) is -6.40. The topological polar surface area (TPSA) is 199 Å². The number of nitrogens with one attached hydrogen (secondary N) is 1. The summed E-state index contributed by atoms with van der Waals surface area (Å²) in [5.41, 5.74) is 2.33. The number of carboxylic acid groups (broad SMARTS) is 4. The van der Waals surface area contributed by atoms with Crippen LogP contribution >= 0.6 is 22.9 Å². The molecule has 5 N–H and O–H groups in total. The highest BCUT2D eigenvalue weighted by Crippen LogP contribution is 2.40. The number of rotatable bonds is 5. The highest BCUT2D eigenvalue weighted by Gasteiger charge is 2.17. The lowest BCUT2D eigenvalue weighted by Gasteiger charge is -2.26. The minimum absolute atomic E-state index is 0.742. The number of aromatic nitrogens is 2. The first-order valence-electron chi connectivity index (χ1n) is 11.0. The van der Waals surface area contributed by atoms with Gasteiger partial charge in [0, 0.05) is 41.6 Å². The number of aryl methyl sites for hydroxylation is 1. The Morgan fingerprint density at radius 3 is 2.05 bits per heavy atom. The van der Waals surface area contributed by atoms with Crippen molar-refractivity contribution < 1.29 is 44.3 Å². The lowest BCUT2D eigenvalue weighted by molar-refractivity contribution is -0.159. The first-order chi connectivity index (χ1) is 18.0. The summed E-state index contributed by atoms with van der Waals surface area (Å²) in [7, 11) is 0. The average molecular weight is 569 g/mol. The van der Waals surface area contributed by atoms with Gasteiger partial charge >= 0.3 is 23.9 Å². The second-order valence-corrected chi connectivity index (χ2v) is 9.18. The van der Waals surface area contributed by atoms with E-state index in [1.807, 2.05) is 12.1 Å². The lowest BCUT2D eigenvalue weighted by atomic mass is 10.0. The number of hydrogen-bond donors (Lipinski definition) is 5. The number of carboxylic acids is 4.